The Kier molecular flexibility index (Phi) is 4.61. The summed E-state index contributed by atoms with van der Waals surface area (Å²) in [6, 6.07) is 11.8. The normalized spacial score (nSPS) is 10.3. The molecule has 0 bridgehead atoms. The predicted molar refractivity (Wildman–Crippen MR) is 80.3 cm³/mol. The van der Waals surface area contributed by atoms with Gasteiger partial charge in [-0.2, -0.15) is 0 Å². The number of thioether (sulfide) groups is 1. The van der Waals surface area contributed by atoms with E-state index >= 15 is 0 Å². The summed E-state index contributed by atoms with van der Waals surface area (Å²) < 4.78 is 14.1. The van der Waals surface area contributed by atoms with Crippen LogP contribution in [0, 0.1) is 5.82 Å². The Balaban J connectivity index is 2.26. The molecular formula is C14H11BrFNOS. The van der Waals surface area contributed by atoms with Crippen LogP contribution in [-0.2, 0) is 0 Å². The highest BCUT2D eigenvalue weighted by Gasteiger charge is 2.15. The van der Waals surface area contributed by atoms with Gasteiger partial charge >= 0.3 is 0 Å². The van der Waals surface area contributed by atoms with Gasteiger partial charge in [0.1, 0.15) is 5.82 Å². The zero-order chi connectivity index (χ0) is 13.8. The van der Waals surface area contributed by atoms with E-state index in [-0.39, 0.29) is 5.56 Å². The van der Waals surface area contributed by atoms with Gasteiger partial charge in [-0.25, -0.2) is 4.39 Å². The molecule has 0 unspecified atom stereocenters. The number of carbonyl (C=O) groups excluding carboxylic acids is 1. The summed E-state index contributed by atoms with van der Waals surface area (Å²) in [7, 11) is 0. The van der Waals surface area contributed by atoms with E-state index < -0.39 is 11.7 Å². The molecule has 2 nitrogen and oxygen atoms in total. The van der Waals surface area contributed by atoms with E-state index in [1.807, 2.05) is 24.5 Å². The van der Waals surface area contributed by atoms with Crippen molar-refractivity contribution in [2.75, 3.05) is 11.6 Å². The lowest BCUT2D eigenvalue weighted by Gasteiger charge is -2.08. The van der Waals surface area contributed by atoms with Crippen LogP contribution in [0.15, 0.2) is 51.8 Å². The van der Waals surface area contributed by atoms with Crippen molar-refractivity contribution in [3.63, 3.8) is 0 Å². The first-order chi connectivity index (χ1) is 9.11. The number of hydrogen-bond acceptors (Lipinski definition) is 2. The standard InChI is InChI=1S/C14H11BrFNOS/c1-19-10-5-2-4-9(8-10)17-14(18)13-11(15)6-3-7-12(13)16/h2-8H,1H3,(H,17,18). The minimum atomic E-state index is -0.548. The van der Waals surface area contributed by atoms with E-state index in [2.05, 4.69) is 21.2 Å². The minimum Gasteiger partial charge on any atom is -0.322 e. The minimum absolute atomic E-state index is 0.0112. The smallest absolute Gasteiger partial charge is 0.259 e. The van der Waals surface area contributed by atoms with Crippen molar-refractivity contribution in [2.24, 2.45) is 0 Å². The zero-order valence-corrected chi connectivity index (χ0v) is 12.5. The number of benzene rings is 2. The summed E-state index contributed by atoms with van der Waals surface area (Å²) in [4.78, 5) is 13.1. The molecule has 0 fully saturated rings. The Labute approximate surface area is 123 Å². The van der Waals surface area contributed by atoms with Crippen LogP contribution in [0.2, 0.25) is 0 Å². The Hall–Kier alpha value is -1.33. The van der Waals surface area contributed by atoms with Crippen LogP contribution in [0.25, 0.3) is 0 Å². The van der Waals surface area contributed by atoms with Crippen molar-refractivity contribution in [1.82, 2.24) is 0 Å². The second kappa shape index (κ2) is 6.21. The lowest BCUT2D eigenvalue weighted by molar-refractivity contribution is 0.102. The predicted octanol–water partition coefficient (Wildman–Crippen LogP) is 4.56. The Morgan fingerprint density at radius 3 is 2.68 bits per heavy atom. The fourth-order valence-electron chi connectivity index (χ4n) is 1.61. The van der Waals surface area contributed by atoms with Gasteiger partial charge in [0.15, 0.2) is 0 Å². The van der Waals surface area contributed by atoms with Crippen molar-refractivity contribution >= 4 is 39.3 Å². The van der Waals surface area contributed by atoms with Gasteiger partial charge in [0.2, 0.25) is 0 Å². The van der Waals surface area contributed by atoms with Gasteiger partial charge in [-0.3, -0.25) is 4.79 Å². The molecule has 0 atom stereocenters. The van der Waals surface area contributed by atoms with Gasteiger partial charge in [-0.15, -0.1) is 11.8 Å². The van der Waals surface area contributed by atoms with E-state index in [0.29, 0.717) is 10.2 Å². The van der Waals surface area contributed by atoms with E-state index in [4.69, 9.17) is 0 Å². The Bertz CT molecular complexity index is 598. The van der Waals surface area contributed by atoms with Crippen LogP contribution in [0.4, 0.5) is 10.1 Å². The van der Waals surface area contributed by atoms with Crippen molar-refractivity contribution < 1.29 is 9.18 Å². The van der Waals surface area contributed by atoms with E-state index in [9.17, 15) is 9.18 Å². The molecule has 0 aliphatic rings. The van der Waals surface area contributed by atoms with Crippen LogP contribution >= 0.6 is 27.7 Å². The van der Waals surface area contributed by atoms with Crippen LogP contribution in [-0.4, -0.2) is 12.2 Å². The average Bonchev–Trinajstić information content (AvgIpc) is 2.38. The monoisotopic (exact) mass is 339 g/mol. The highest BCUT2D eigenvalue weighted by molar-refractivity contribution is 9.10. The van der Waals surface area contributed by atoms with Crippen molar-refractivity contribution in [3.05, 3.63) is 58.3 Å². The van der Waals surface area contributed by atoms with Crippen LogP contribution < -0.4 is 5.32 Å². The maximum atomic E-state index is 13.7. The largest absolute Gasteiger partial charge is 0.322 e. The number of carbonyl (C=O) groups is 1. The fourth-order valence-corrected chi connectivity index (χ4v) is 2.59. The van der Waals surface area contributed by atoms with Gasteiger partial charge in [-0.1, -0.05) is 12.1 Å². The third-order valence-corrected chi connectivity index (χ3v) is 3.90. The molecule has 0 aliphatic carbocycles. The third kappa shape index (κ3) is 3.36. The number of halogens is 2. The van der Waals surface area contributed by atoms with Crippen molar-refractivity contribution in [3.8, 4) is 0 Å². The number of anilines is 1. The third-order valence-electron chi connectivity index (χ3n) is 2.52. The van der Waals surface area contributed by atoms with Crippen LogP contribution in [0.5, 0.6) is 0 Å². The molecule has 0 spiro atoms. The molecule has 98 valence electrons. The molecule has 1 N–H and O–H groups in total. The summed E-state index contributed by atoms with van der Waals surface area (Å²) in [6.07, 6.45) is 1.95. The zero-order valence-electron chi connectivity index (χ0n) is 10.1. The van der Waals surface area contributed by atoms with E-state index in [0.717, 1.165) is 4.90 Å². The molecule has 19 heavy (non-hydrogen) atoms. The van der Waals surface area contributed by atoms with Gasteiger partial charge in [0.25, 0.3) is 5.91 Å². The van der Waals surface area contributed by atoms with Crippen molar-refractivity contribution in [2.45, 2.75) is 4.90 Å². The molecule has 2 aromatic rings. The molecule has 0 aliphatic heterocycles. The molecule has 0 heterocycles. The van der Waals surface area contributed by atoms with Crippen molar-refractivity contribution in [1.29, 1.82) is 0 Å². The summed E-state index contributed by atoms with van der Waals surface area (Å²) in [5, 5.41) is 2.69. The van der Waals surface area contributed by atoms with E-state index in [1.165, 1.54) is 6.07 Å². The fraction of sp³-hybridized carbons (Fsp3) is 0.0714. The molecule has 0 aromatic heterocycles. The summed E-state index contributed by atoms with van der Waals surface area (Å²) in [5.74, 6) is -1.02. The second-order valence-electron chi connectivity index (χ2n) is 3.78. The van der Waals surface area contributed by atoms with Gasteiger partial charge in [0.05, 0.1) is 5.56 Å². The maximum absolute atomic E-state index is 13.7. The summed E-state index contributed by atoms with van der Waals surface area (Å²) in [5.41, 5.74) is 0.657. The summed E-state index contributed by atoms with van der Waals surface area (Å²) in [6.45, 7) is 0. The van der Waals surface area contributed by atoms with Crippen LogP contribution in [0.1, 0.15) is 10.4 Å². The first-order valence-corrected chi connectivity index (χ1v) is 7.53. The van der Waals surface area contributed by atoms with E-state index in [1.54, 1.807) is 30.0 Å². The quantitative estimate of drug-likeness (QED) is 0.830. The molecule has 2 aromatic carbocycles. The molecule has 0 saturated carbocycles. The molecule has 5 heteroatoms. The lowest BCUT2D eigenvalue weighted by atomic mass is 10.2. The topological polar surface area (TPSA) is 29.1 Å². The number of rotatable bonds is 3. The van der Waals surface area contributed by atoms with Crippen LogP contribution in [0.3, 0.4) is 0 Å². The Morgan fingerprint density at radius 1 is 1.26 bits per heavy atom. The number of nitrogens with one attached hydrogen (secondary N) is 1. The SMILES string of the molecule is CSc1cccc(NC(=O)c2c(F)cccc2Br)c1. The number of hydrogen-bond donors (Lipinski definition) is 1. The highest BCUT2D eigenvalue weighted by atomic mass is 79.9. The average molecular weight is 340 g/mol. The van der Waals surface area contributed by atoms with Gasteiger partial charge in [0, 0.05) is 15.1 Å². The molecule has 0 saturated heterocycles. The number of amides is 1. The molecular weight excluding hydrogens is 329 g/mol. The first-order valence-electron chi connectivity index (χ1n) is 5.51. The molecule has 0 radical (unpaired) electrons. The second-order valence-corrected chi connectivity index (χ2v) is 5.52. The maximum Gasteiger partial charge on any atom is 0.259 e. The molecule has 2 rings (SSSR count). The lowest BCUT2D eigenvalue weighted by Crippen LogP contribution is -2.14. The summed E-state index contributed by atoms with van der Waals surface area (Å²) >= 11 is 4.76. The first kappa shape index (κ1) is 14.1. The van der Waals surface area contributed by atoms with Gasteiger partial charge in [-0.05, 0) is 52.5 Å². The highest BCUT2D eigenvalue weighted by Crippen LogP contribution is 2.23. The van der Waals surface area contributed by atoms with Gasteiger partial charge < -0.3 is 5.32 Å². The molecule has 1 amide bonds. The Morgan fingerprint density at radius 2 is 2.00 bits per heavy atom.